The van der Waals surface area contributed by atoms with Crippen LogP contribution in [-0.2, 0) is 5.41 Å². The summed E-state index contributed by atoms with van der Waals surface area (Å²) in [5, 5.41) is 10.4. The lowest BCUT2D eigenvalue weighted by Crippen LogP contribution is -2.26. The largest absolute Gasteiger partial charge is 0.491 e. The van der Waals surface area contributed by atoms with E-state index in [1.807, 2.05) is 36.4 Å². The zero-order chi connectivity index (χ0) is 20.7. The number of rotatable bonds is 10. The van der Waals surface area contributed by atoms with Gasteiger partial charge >= 0.3 is 0 Å². The van der Waals surface area contributed by atoms with Crippen molar-refractivity contribution in [2.45, 2.75) is 31.8 Å². The van der Waals surface area contributed by atoms with E-state index in [0.29, 0.717) is 34.0 Å². The lowest BCUT2D eigenvalue weighted by atomic mass is 9.78. The van der Waals surface area contributed by atoms with Crippen molar-refractivity contribution in [1.82, 2.24) is 0 Å². The molecule has 7 heteroatoms. The quantitative estimate of drug-likeness (QED) is 0.397. The predicted molar refractivity (Wildman–Crippen MR) is 116 cm³/mol. The van der Waals surface area contributed by atoms with E-state index in [-0.39, 0.29) is 18.6 Å². The Morgan fingerprint density at radius 1 is 1.04 bits per heavy atom. The summed E-state index contributed by atoms with van der Waals surface area (Å²) in [6.45, 7) is 4.98. The van der Waals surface area contributed by atoms with E-state index in [1.165, 1.54) is 0 Å². The van der Waals surface area contributed by atoms with Crippen LogP contribution in [0.15, 0.2) is 36.4 Å². The van der Waals surface area contributed by atoms with Gasteiger partial charge in [0.2, 0.25) is 0 Å². The standard InChI is InChI=1S/C21H26Cl3NO3/c1-21(2,14-4-6-17(7-5-14)28-13-16(26)12-25)15-10-18(23)20(19(24)11-15)27-9-3-8-22/h4-7,10-11,16,26H,3,8-9,12-13,25H2,1-2H3. The minimum Gasteiger partial charge on any atom is -0.491 e. The molecule has 3 N–H and O–H groups in total. The van der Waals surface area contributed by atoms with Crippen molar-refractivity contribution < 1.29 is 14.6 Å². The van der Waals surface area contributed by atoms with Crippen LogP contribution >= 0.6 is 34.8 Å². The molecule has 2 aromatic carbocycles. The van der Waals surface area contributed by atoms with E-state index in [2.05, 4.69) is 13.8 Å². The van der Waals surface area contributed by atoms with Crippen molar-refractivity contribution in [1.29, 1.82) is 0 Å². The number of hydrogen-bond acceptors (Lipinski definition) is 4. The molecule has 0 amide bonds. The average Bonchev–Trinajstić information content (AvgIpc) is 2.68. The molecule has 0 fully saturated rings. The molecule has 154 valence electrons. The maximum atomic E-state index is 9.50. The Morgan fingerprint density at radius 2 is 1.64 bits per heavy atom. The highest BCUT2D eigenvalue weighted by molar-refractivity contribution is 6.37. The van der Waals surface area contributed by atoms with Crippen LogP contribution in [0.2, 0.25) is 10.0 Å². The van der Waals surface area contributed by atoms with E-state index in [0.717, 1.165) is 17.5 Å². The predicted octanol–water partition coefficient (Wildman–Crippen LogP) is 5.03. The van der Waals surface area contributed by atoms with Crippen molar-refractivity contribution in [3.8, 4) is 11.5 Å². The summed E-state index contributed by atoms with van der Waals surface area (Å²) in [5.74, 6) is 1.67. The number of hydrogen-bond donors (Lipinski definition) is 2. The van der Waals surface area contributed by atoms with Crippen LogP contribution in [0.4, 0.5) is 0 Å². The van der Waals surface area contributed by atoms with Gasteiger partial charge in [-0.1, -0.05) is 49.2 Å². The molecule has 28 heavy (non-hydrogen) atoms. The zero-order valence-electron chi connectivity index (χ0n) is 16.1. The van der Waals surface area contributed by atoms with Gasteiger partial charge in [-0.25, -0.2) is 0 Å². The topological polar surface area (TPSA) is 64.7 Å². The first-order valence-corrected chi connectivity index (χ1v) is 10.4. The Kier molecular flexibility index (Phi) is 8.72. The Bertz CT molecular complexity index is 743. The van der Waals surface area contributed by atoms with Gasteiger partial charge in [-0.05, 0) is 41.8 Å². The van der Waals surface area contributed by atoms with Crippen molar-refractivity contribution in [2.24, 2.45) is 5.73 Å². The second-order valence-electron chi connectivity index (χ2n) is 7.01. The normalized spacial score (nSPS) is 12.7. The van der Waals surface area contributed by atoms with E-state index < -0.39 is 6.10 Å². The van der Waals surface area contributed by atoms with Gasteiger partial charge in [-0.15, -0.1) is 11.6 Å². The van der Waals surface area contributed by atoms with Crippen LogP contribution in [0.1, 0.15) is 31.4 Å². The highest BCUT2D eigenvalue weighted by atomic mass is 35.5. The van der Waals surface area contributed by atoms with Gasteiger partial charge in [0.25, 0.3) is 0 Å². The first kappa shape index (κ1) is 23.1. The maximum Gasteiger partial charge on any atom is 0.156 e. The zero-order valence-corrected chi connectivity index (χ0v) is 18.3. The molecule has 0 saturated carbocycles. The summed E-state index contributed by atoms with van der Waals surface area (Å²) < 4.78 is 11.2. The smallest absolute Gasteiger partial charge is 0.156 e. The molecule has 0 bridgehead atoms. The van der Waals surface area contributed by atoms with Gasteiger partial charge in [0.1, 0.15) is 18.5 Å². The second-order valence-corrected chi connectivity index (χ2v) is 8.20. The molecule has 0 aliphatic heterocycles. The van der Waals surface area contributed by atoms with Crippen molar-refractivity contribution in [2.75, 3.05) is 25.6 Å². The van der Waals surface area contributed by atoms with Gasteiger partial charge in [0, 0.05) is 17.8 Å². The fourth-order valence-electron chi connectivity index (χ4n) is 2.68. The first-order valence-electron chi connectivity index (χ1n) is 9.09. The minimum absolute atomic E-state index is 0.162. The van der Waals surface area contributed by atoms with Gasteiger partial charge in [-0.2, -0.15) is 0 Å². The Morgan fingerprint density at radius 3 is 2.18 bits per heavy atom. The maximum absolute atomic E-state index is 9.50. The molecule has 2 rings (SSSR count). The van der Waals surface area contributed by atoms with Crippen molar-refractivity contribution in [3.05, 3.63) is 57.6 Å². The number of nitrogens with two attached hydrogens (primary N) is 1. The SMILES string of the molecule is CC(C)(c1ccc(OCC(O)CN)cc1)c1cc(Cl)c(OCCCCl)c(Cl)c1. The monoisotopic (exact) mass is 445 g/mol. The van der Waals surface area contributed by atoms with Gasteiger partial charge in [0.15, 0.2) is 5.75 Å². The second kappa shape index (κ2) is 10.6. The third-order valence-corrected chi connectivity index (χ3v) is 5.36. The Balaban J connectivity index is 2.19. The molecule has 2 aromatic rings. The van der Waals surface area contributed by atoms with Crippen LogP contribution in [0.5, 0.6) is 11.5 Å². The molecule has 0 heterocycles. The van der Waals surface area contributed by atoms with Crippen LogP contribution in [0.25, 0.3) is 0 Å². The van der Waals surface area contributed by atoms with Crippen LogP contribution in [-0.4, -0.2) is 36.8 Å². The number of alkyl halides is 1. The molecule has 1 unspecified atom stereocenters. The summed E-state index contributed by atoms with van der Waals surface area (Å²) >= 11 is 18.5. The summed E-state index contributed by atoms with van der Waals surface area (Å²) in [7, 11) is 0. The lowest BCUT2D eigenvalue weighted by Gasteiger charge is -2.27. The molecule has 0 spiro atoms. The number of halogens is 3. The summed E-state index contributed by atoms with van der Waals surface area (Å²) in [6, 6.07) is 11.5. The average molecular weight is 447 g/mol. The van der Waals surface area contributed by atoms with E-state index in [4.69, 9.17) is 50.0 Å². The number of aliphatic hydroxyl groups excluding tert-OH is 1. The number of aliphatic hydroxyl groups is 1. The van der Waals surface area contributed by atoms with Gasteiger partial charge in [0.05, 0.1) is 16.7 Å². The van der Waals surface area contributed by atoms with E-state index >= 15 is 0 Å². The molecule has 0 radical (unpaired) electrons. The van der Waals surface area contributed by atoms with Crippen LogP contribution in [0, 0.1) is 0 Å². The molecular formula is C21H26Cl3NO3. The summed E-state index contributed by atoms with van der Waals surface area (Å²) in [6.07, 6.45) is 0.0450. The minimum atomic E-state index is -0.675. The Hall–Kier alpha value is -1.17. The Labute approximate surface area is 181 Å². The molecular weight excluding hydrogens is 421 g/mol. The van der Waals surface area contributed by atoms with Crippen LogP contribution in [0.3, 0.4) is 0 Å². The van der Waals surface area contributed by atoms with Gasteiger partial charge < -0.3 is 20.3 Å². The summed E-state index contributed by atoms with van der Waals surface area (Å²) in [5.41, 5.74) is 7.09. The molecule has 1 atom stereocenters. The molecule has 0 saturated heterocycles. The fourth-order valence-corrected chi connectivity index (χ4v) is 3.39. The van der Waals surface area contributed by atoms with Crippen LogP contribution < -0.4 is 15.2 Å². The van der Waals surface area contributed by atoms with Crippen molar-refractivity contribution >= 4 is 34.8 Å². The highest BCUT2D eigenvalue weighted by Gasteiger charge is 2.25. The highest BCUT2D eigenvalue weighted by Crippen LogP contribution is 2.40. The van der Waals surface area contributed by atoms with Gasteiger partial charge in [-0.3, -0.25) is 0 Å². The summed E-state index contributed by atoms with van der Waals surface area (Å²) in [4.78, 5) is 0. The van der Waals surface area contributed by atoms with Crippen molar-refractivity contribution in [3.63, 3.8) is 0 Å². The first-order chi connectivity index (χ1) is 13.3. The fraction of sp³-hybridized carbons (Fsp3) is 0.429. The van der Waals surface area contributed by atoms with E-state index in [9.17, 15) is 5.11 Å². The molecule has 4 nitrogen and oxygen atoms in total. The number of ether oxygens (including phenoxy) is 2. The molecule has 0 aliphatic rings. The molecule has 0 aromatic heterocycles. The number of benzene rings is 2. The lowest BCUT2D eigenvalue weighted by molar-refractivity contribution is 0.114. The third-order valence-electron chi connectivity index (χ3n) is 4.53. The third kappa shape index (κ3) is 5.91. The van der Waals surface area contributed by atoms with E-state index in [1.54, 1.807) is 0 Å². The molecule has 0 aliphatic carbocycles.